The fraction of sp³-hybridized carbons (Fsp3) is 0.125. The number of benzene rings is 2. The normalized spacial score (nSPS) is 10.4. The number of para-hydroxylation sites is 3. The monoisotopic (exact) mass is 265 g/mol. The first-order valence-electron chi connectivity index (χ1n) is 6.44. The minimum atomic E-state index is 0.650. The van der Waals surface area contributed by atoms with Gasteiger partial charge in [-0.05, 0) is 18.2 Å². The van der Waals surface area contributed by atoms with Gasteiger partial charge in [-0.2, -0.15) is 0 Å². The lowest BCUT2D eigenvalue weighted by Crippen LogP contribution is -2.03. The van der Waals surface area contributed by atoms with Gasteiger partial charge in [0.15, 0.2) is 0 Å². The van der Waals surface area contributed by atoms with E-state index in [9.17, 15) is 0 Å². The van der Waals surface area contributed by atoms with Crippen LogP contribution in [0, 0.1) is 0 Å². The van der Waals surface area contributed by atoms with Gasteiger partial charge >= 0.3 is 0 Å². The minimum Gasteiger partial charge on any atom is -0.496 e. The second kappa shape index (κ2) is 5.57. The number of fused-ring (bicyclic) bond motifs is 1. The van der Waals surface area contributed by atoms with Crippen molar-refractivity contribution in [3.05, 3.63) is 60.3 Å². The summed E-state index contributed by atoms with van der Waals surface area (Å²) in [5, 5.41) is 3.27. The van der Waals surface area contributed by atoms with Crippen LogP contribution in [0.1, 0.15) is 5.56 Å². The van der Waals surface area contributed by atoms with Crippen LogP contribution in [-0.2, 0) is 6.54 Å². The molecule has 3 aromatic rings. The largest absolute Gasteiger partial charge is 0.496 e. The summed E-state index contributed by atoms with van der Waals surface area (Å²) in [6, 6.07) is 15.7. The molecule has 0 fully saturated rings. The zero-order valence-electron chi connectivity index (χ0n) is 11.2. The Morgan fingerprint density at radius 1 is 1.00 bits per heavy atom. The standard InChI is InChI=1S/C16H15N3O/c1-20-15-9-5-2-6-12(15)10-18-16-11-17-13-7-3-4-8-14(13)19-16/h2-9,11H,10H2,1H3,(H,18,19). The Hall–Kier alpha value is -2.62. The number of nitrogens with one attached hydrogen (secondary N) is 1. The molecule has 4 nitrogen and oxygen atoms in total. The van der Waals surface area contributed by atoms with Gasteiger partial charge in [0.05, 0.1) is 24.3 Å². The molecule has 4 heteroatoms. The van der Waals surface area contributed by atoms with Gasteiger partial charge in [-0.3, -0.25) is 4.98 Å². The summed E-state index contributed by atoms with van der Waals surface area (Å²) < 4.78 is 5.33. The van der Waals surface area contributed by atoms with Gasteiger partial charge in [-0.15, -0.1) is 0 Å². The van der Waals surface area contributed by atoms with E-state index in [1.807, 2.05) is 48.5 Å². The second-order valence-electron chi connectivity index (χ2n) is 4.41. The highest BCUT2D eigenvalue weighted by atomic mass is 16.5. The van der Waals surface area contributed by atoms with E-state index in [1.165, 1.54) is 0 Å². The maximum atomic E-state index is 5.33. The quantitative estimate of drug-likeness (QED) is 0.786. The van der Waals surface area contributed by atoms with Crippen LogP contribution in [0.2, 0.25) is 0 Å². The molecule has 1 N–H and O–H groups in total. The first kappa shape index (κ1) is 12.4. The highest BCUT2D eigenvalue weighted by Crippen LogP contribution is 2.19. The molecule has 0 saturated heterocycles. The number of nitrogens with zero attached hydrogens (tertiary/aromatic N) is 2. The smallest absolute Gasteiger partial charge is 0.145 e. The van der Waals surface area contributed by atoms with Crippen molar-refractivity contribution in [1.82, 2.24) is 9.97 Å². The molecule has 0 atom stereocenters. The maximum Gasteiger partial charge on any atom is 0.145 e. The van der Waals surface area contributed by atoms with Gasteiger partial charge in [-0.1, -0.05) is 30.3 Å². The van der Waals surface area contributed by atoms with Crippen LogP contribution in [0.3, 0.4) is 0 Å². The predicted octanol–water partition coefficient (Wildman–Crippen LogP) is 3.25. The minimum absolute atomic E-state index is 0.650. The highest BCUT2D eigenvalue weighted by Gasteiger charge is 2.03. The van der Waals surface area contributed by atoms with Crippen LogP contribution in [-0.4, -0.2) is 17.1 Å². The molecule has 3 rings (SSSR count). The van der Waals surface area contributed by atoms with E-state index in [4.69, 9.17) is 4.74 Å². The van der Waals surface area contributed by atoms with Crippen molar-refractivity contribution in [3.8, 4) is 5.75 Å². The summed E-state index contributed by atoms with van der Waals surface area (Å²) in [6.07, 6.45) is 1.75. The van der Waals surface area contributed by atoms with Gasteiger partial charge in [0, 0.05) is 12.1 Å². The lowest BCUT2D eigenvalue weighted by molar-refractivity contribution is 0.410. The Balaban J connectivity index is 1.79. The van der Waals surface area contributed by atoms with Crippen LogP contribution >= 0.6 is 0 Å². The van der Waals surface area contributed by atoms with Crippen molar-refractivity contribution >= 4 is 16.9 Å². The van der Waals surface area contributed by atoms with E-state index in [2.05, 4.69) is 15.3 Å². The fourth-order valence-corrected chi connectivity index (χ4v) is 2.08. The first-order chi connectivity index (χ1) is 9.86. The van der Waals surface area contributed by atoms with Gasteiger partial charge in [0.1, 0.15) is 11.6 Å². The molecule has 0 unspecified atom stereocenters. The maximum absolute atomic E-state index is 5.33. The van der Waals surface area contributed by atoms with E-state index < -0.39 is 0 Å². The Morgan fingerprint density at radius 3 is 2.60 bits per heavy atom. The first-order valence-corrected chi connectivity index (χ1v) is 6.44. The molecular weight excluding hydrogens is 250 g/mol. The van der Waals surface area contributed by atoms with Gasteiger partial charge in [0.2, 0.25) is 0 Å². The Labute approximate surface area is 117 Å². The molecule has 1 aromatic heterocycles. The third-order valence-electron chi connectivity index (χ3n) is 3.10. The summed E-state index contributed by atoms with van der Waals surface area (Å²) >= 11 is 0. The van der Waals surface area contributed by atoms with Gasteiger partial charge in [-0.25, -0.2) is 4.98 Å². The lowest BCUT2D eigenvalue weighted by Gasteiger charge is -2.10. The molecule has 2 aromatic carbocycles. The van der Waals surface area contributed by atoms with E-state index in [-0.39, 0.29) is 0 Å². The van der Waals surface area contributed by atoms with Crippen LogP contribution in [0.15, 0.2) is 54.7 Å². The molecule has 0 bridgehead atoms. The Kier molecular flexibility index (Phi) is 3.46. The van der Waals surface area contributed by atoms with E-state index >= 15 is 0 Å². The van der Waals surface area contributed by atoms with Crippen molar-refractivity contribution in [1.29, 1.82) is 0 Å². The van der Waals surface area contributed by atoms with Gasteiger partial charge in [0.25, 0.3) is 0 Å². The molecule has 0 amide bonds. The summed E-state index contributed by atoms with van der Waals surface area (Å²) in [5.41, 5.74) is 2.87. The summed E-state index contributed by atoms with van der Waals surface area (Å²) in [6.45, 7) is 0.650. The molecule has 20 heavy (non-hydrogen) atoms. The van der Waals surface area contributed by atoms with E-state index in [0.29, 0.717) is 6.54 Å². The summed E-state index contributed by atoms with van der Waals surface area (Å²) in [4.78, 5) is 8.91. The third-order valence-corrected chi connectivity index (χ3v) is 3.10. The Bertz CT molecular complexity index is 727. The molecule has 0 spiro atoms. The molecule has 1 heterocycles. The van der Waals surface area contributed by atoms with Crippen LogP contribution < -0.4 is 10.1 Å². The number of aromatic nitrogens is 2. The van der Waals surface area contributed by atoms with Crippen molar-refractivity contribution in [2.24, 2.45) is 0 Å². The zero-order chi connectivity index (χ0) is 13.8. The average molecular weight is 265 g/mol. The molecule has 0 saturated carbocycles. The number of rotatable bonds is 4. The van der Waals surface area contributed by atoms with Crippen molar-refractivity contribution in [3.63, 3.8) is 0 Å². The van der Waals surface area contributed by atoms with Crippen LogP contribution in [0.25, 0.3) is 11.0 Å². The summed E-state index contributed by atoms with van der Waals surface area (Å²) in [5.74, 6) is 1.63. The number of ether oxygens (including phenoxy) is 1. The predicted molar refractivity (Wildman–Crippen MR) is 79.9 cm³/mol. The topological polar surface area (TPSA) is 47.0 Å². The second-order valence-corrected chi connectivity index (χ2v) is 4.41. The van der Waals surface area contributed by atoms with E-state index in [1.54, 1.807) is 13.3 Å². The molecule has 0 aliphatic rings. The number of methoxy groups -OCH3 is 1. The third kappa shape index (κ3) is 2.54. The van der Waals surface area contributed by atoms with Gasteiger partial charge < -0.3 is 10.1 Å². The van der Waals surface area contributed by atoms with Crippen LogP contribution in [0.4, 0.5) is 5.82 Å². The molecular formula is C16H15N3O. The Morgan fingerprint density at radius 2 is 1.75 bits per heavy atom. The molecule has 0 aliphatic carbocycles. The van der Waals surface area contributed by atoms with Crippen molar-refractivity contribution < 1.29 is 4.74 Å². The number of anilines is 1. The van der Waals surface area contributed by atoms with E-state index in [0.717, 1.165) is 28.2 Å². The van der Waals surface area contributed by atoms with Crippen molar-refractivity contribution in [2.75, 3.05) is 12.4 Å². The highest BCUT2D eigenvalue weighted by molar-refractivity contribution is 5.75. The SMILES string of the molecule is COc1ccccc1CNc1cnc2ccccc2n1. The number of hydrogen-bond donors (Lipinski definition) is 1. The number of hydrogen-bond acceptors (Lipinski definition) is 4. The summed E-state index contributed by atoms with van der Waals surface area (Å²) in [7, 11) is 1.68. The molecule has 100 valence electrons. The fourth-order valence-electron chi connectivity index (χ4n) is 2.08. The van der Waals surface area contributed by atoms with Crippen LogP contribution in [0.5, 0.6) is 5.75 Å². The molecule has 0 radical (unpaired) electrons. The molecule has 0 aliphatic heterocycles. The lowest BCUT2D eigenvalue weighted by atomic mass is 10.2. The van der Waals surface area contributed by atoms with Crippen molar-refractivity contribution in [2.45, 2.75) is 6.54 Å². The average Bonchev–Trinajstić information content (AvgIpc) is 2.53. The zero-order valence-corrected chi connectivity index (χ0v) is 11.2.